The molecule has 1 aliphatic rings. The van der Waals surface area contributed by atoms with Crippen molar-refractivity contribution in [2.75, 3.05) is 40.0 Å². The Balaban J connectivity index is 1.66. The first-order valence-electron chi connectivity index (χ1n) is 8.46. The van der Waals surface area contributed by atoms with Crippen molar-refractivity contribution in [3.05, 3.63) is 35.6 Å². The van der Waals surface area contributed by atoms with Gasteiger partial charge in [-0.3, -0.25) is 9.59 Å². The summed E-state index contributed by atoms with van der Waals surface area (Å²) < 4.78 is 23.0. The van der Waals surface area contributed by atoms with E-state index in [1.165, 1.54) is 12.1 Å². The van der Waals surface area contributed by atoms with Gasteiger partial charge in [0.25, 0.3) is 0 Å². The van der Waals surface area contributed by atoms with Crippen molar-refractivity contribution in [1.82, 2.24) is 10.2 Å². The number of likely N-dealkylation sites (tertiary alicyclic amines) is 1. The number of nitrogens with one attached hydrogen (secondary N) is 1. The molecule has 0 aromatic heterocycles. The fourth-order valence-electron chi connectivity index (χ4n) is 2.73. The molecule has 1 aliphatic heterocycles. The average Bonchev–Trinajstić information content (AvgIpc) is 2.61. The largest absolute Gasteiger partial charge is 0.382 e. The Morgan fingerprint density at radius 1 is 1.20 bits per heavy atom. The van der Waals surface area contributed by atoms with Crippen LogP contribution in [0.3, 0.4) is 0 Å². The van der Waals surface area contributed by atoms with Crippen LogP contribution in [0.25, 0.3) is 0 Å². The molecule has 25 heavy (non-hydrogen) atoms. The second-order valence-electron chi connectivity index (χ2n) is 6.07. The standard InChI is InChI=1S/C18H25FN2O4/c1-24-10-11-25-13-18(23)21-8-6-16(7-9-21)20-17(22)12-14-2-4-15(19)5-3-14/h2-5,16H,6-13H2,1H3,(H,20,22). The maximum Gasteiger partial charge on any atom is 0.248 e. The Kier molecular flexibility index (Phi) is 7.81. The monoisotopic (exact) mass is 352 g/mol. The molecule has 0 unspecified atom stereocenters. The van der Waals surface area contributed by atoms with Crippen molar-refractivity contribution in [1.29, 1.82) is 0 Å². The molecule has 1 fully saturated rings. The Hall–Kier alpha value is -1.99. The first-order chi connectivity index (χ1) is 12.1. The van der Waals surface area contributed by atoms with Crippen LogP contribution in [0.5, 0.6) is 0 Å². The zero-order valence-electron chi connectivity index (χ0n) is 14.5. The van der Waals surface area contributed by atoms with E-state index in [0.29, 0.717) is 26.3 Å². The highest BCUT2D eigenvalue weighted by atomic mass is 19.1. The zero-order chi connectivity index (χ0) is 18.1. The van der Waals surface area contributed by atoms with E-state index in [1.807, 2.05) is 0 Å². The molecule has 1 aromatic carbocycles. The van der Waals surface area contributed by atoms with Gasteiger partial charge in [-0.15, -0.1) is 0 Å². The molecule has 0 radical (unpaired) electrons. The predicted octanol–water partition coefficient (Wildman–Crippen LogP) is 1.14. The number of nitrogens with zero attached hydrogens (tertiary/aromatic N) is 1. The molecule has 1 saturated heterocycles. The molecule has 1 aromatic rings. The van der Waals surface area contributed by atoms with E-state index in [0.717, 1.165) is 18.4 Å². The van der Waals surface area contributed by atoms with E-state index in [1.54, 1.807) is 24.1 Å². The minimum absolute atomic E-state index is 0.0350. The van der Waals surface area contributed by atoms with Crippen LogP contribution >= 0.6 is 0 Å². The van der Waals surface area contributed by atoms with Crippen molar-refractivity contribution in [3.63, 3.8) is 0 Å². The summed E-state index contributed by atoms with van der Waals surface area (Å²) in [5.41, 5.74) is 0.778. The SMILES string of the molecule is COCCOCC(=O)N1CCC(NC(=O)Cc2ccc(F)cc2)CC1. The number of halogens is 1. The van der Waals surface area contributed by atoms with Gasteiger partial charge in [0.05, 0.1) is 19.6 Å². The lowest BCUT2D eigenvalue weighted by atomic mass is 10.0. The van der Waals surface area contributed by atoms with Crippen molar-refractivity contribution in [3.8, 4) is 0 Å². The molecule has 7 heteroatoms. The van der Waals surface area contributed by atoms with Crippen LogP contribution in [-0.2, 0) is 25.5 Å². The number of rotatable bonds is 8. The lowest BCUT2D eigenvalue weighted by Crippen LogP contribution is -2.47. The Bertz CT molecular complexity index is 557. The lowest BCUT2D eigenvalue weighted by molar-refractivity contribution is -0.137. The van der Waals surface area contributed by atoms with Gasteiger partial charge in [0, 0.05) is 26.2 Å². The number of carbonyl (C=O) groups excluding carboxylic acids is 2. The van der Waals surface area contributed by atoms with Crippen LogP contribution in [0.15, 0.2) is 24.3 Å². The van der Waals surface area contributed by atoms with E-state index < -0.39 is 0 Å². The maximum absolute atomic E-state index is 12.9. The van der Waals surface area contributed by atoms with Gasteiger partial charge >= 0.3 is 0 Å². The second-order valence-corrected chi connectivity index (χ2v) is 6.07. The molecule has 0 bridgehead atoms. The molecule has 6 nitrogen and oxygen atoms in total. The quantitative estimate of drug-likeness (QED) is 0.713. The van der Waals surface area contributed by atoms with Gasteiger partial charge in [-0.2, -0.15) is 0 Å². The average molecular weight is 352 g/mol. The second kappa shape index (κ2) is 10.1. The number of carbonyl (C=O) groups is 2. The van der Waals surface area contributed by atoms with E-state index in [4.69, 9.17) is 9.47 Å². The fraction of sp³-hybridized carbons (Fsp3) is 0.556. The van der Waals surface area contributed by atoms with Crippen LogP contribution in [0.2, 0.25) is 0 Å². The summed E-state index contributed by atoms with van der Waals surface area (Å²) in [5, 5.41) is 2.98. The number of hydrogen-bond acceptors (Lipinski definition) is 4. The topological polar surface area (TPSA) is 67.9 Å². The van der Waals surface area contributed by atoms with Gasteiger partial charge in [-0.05, 0) is 30.5 Å². The Morgan fingerprint density at radius 3 is 2.52 bits per heavy atom. The molecule has 0 atom stereocenters. The molecule has 1 heterocycles. The number of methoxy groups -OCH3 is 1. The maximum atomic E-state index is 12.9. The molecule has 2 amide bonds. The van der Waals surface area contributed by atoms with Crippen molar-refractivity contribution < 1.29 is 23.5 Å². The van der Waals surface area contributed by atoms with Gasteiger partial charge in [-0.25, -0.2) is 4.39 Å². The molecular weight excluding hydrogens is 327 g/mol. The minimum Gasteiger partial charge on any atom is -0.382 e. The molecule has 0 saturated carbocycles. The molecule has 138 valence electrons. The lowest BCUT2D eigenvalue weighted by Gasteiger charge is -2.32. The highest BCUT2D eigenvalue weighted by molar-refractivity contribution is 5.79. The fourth-order valence-corrected chi connectivity index (χ4v) is 2.73. The zero-order valence-corrected chi connectivity index (χ0v) is 14.5. The smallest absolute Gasteiger partial charge is 0.248 e. The van der Waals surface area contributed by atoms with Crippen LogP contribution in [-0.4, -0.2) is 62.8 Å². The van der Waals surface area contributed by atoms with Gasteiger partial charge in [-0.1, -0.05) is 12.1 Å². The summed E-state index contributed by atoms with van der Waals surface area (Å²) >= 11 is 0. The van der Waals surface area contributed by atoms with Crippen LogP contribution < -0.4 is 5.32 Å². The van der Waals surface area contributed by atoms with Gasteiger partial charge in [0.15, 0.2) is 0 Å². The van der Waals surface area contributed by atoms with E-state index in [2.05, 4.69) is 5.32 Å². The van der Waals surface area contributed by atoms with Crippen LogP contribution in [0.1, 0.15) is 18.4 Å². The highest BCUT2D eigenvalue weighted by Crippen LogP contribution is 2.11. The Morgan fingerprint density at radius 2 is 1.88 bits per heavy atom. The number of ether oxygens (including phenoxy) is 2. The first kappa shape index (κ1) is 19.3. The van der Waals surface area contributed by atoms with E-state index >= 15 is 0 Å². The van der Waals surface area contributed by atoms with Crippen LogP contribution in [0.4, 0.5) is 4.39 Å². The minimum atomic E-state index is -0.313. The van der Waals surface area contributed by atoms with E-state index in [9.17, 15) is 14.0 Å². The molecular formula is C18H25FN2O4. The number of piperidine rings is 1. The number of hydrogen-bond donors (Lipinski definition) is 1. The summed E-state index contributed by atoms with van der Waals surface area (Å²) in [5.74, 6) is -0.432. The summed E-state index contributed by atoms with van der Waals surface area (Å²) in [4.78, 5) is 25.8. The van der Waals surface area contributed by atoms with Gasteiger partial charge in [0.2, 0.25) is 11.8 Å². The van der Waals surface area contributed by atoms with Crippen molar-refractivity contribution >= 4 is 11.8 Å². The summed E-state index contributed by atoms with van der Waals surface area (Å²) in [6.07, 6.45) is 1.67. The first-order valence-corrected chi connectivity index (χ1v) is 8.46. The van der Waals surface area contributed by atoms with Crippen molar-refractivity contribution in [2.24, 2.45) is 0 Å². The van der Waals surface area contributed by atoms with Gasteiger partial charge in [0.1, 0.15) is 12.4 Å². The van der Waals surface area contributed by atoms with E-state index in [-0.39, 0.29) is 36.7 Å². The highest BCUT2D eigenvalue weighted by Gasteiger charge is 2.23. The number of amides is 2. The third-order valence-electron chi connectivity index (χ3n) is 4.15. The third kappa shape index (κ3) is 6.80. The number of benzene rings is 1. The third-order valence-corrected chi connectivity index (χ3v) is 4.15. The molecule has 1 N–H and O–H groups in total. The molecule has 2 rings (SSSR count). The normalized spacial score (nSPS) is 15.2. The van der Waals surface area contributed by atoms with Crippen LogP contribution in [0, 0.1) is 5.82 Å². The van der Waals surface area contributed by atoms with Crippen molar-refractivity contribution in [2.45, 2.75) is 25.3 Å². The molecule has 0 spiro atoms. The van der Waals surface area contributed by atoms with Gasteiger partial charge < -0.3 is 19.7 Å². The Labute approximate surface area is 147 Å². The summed E-state index contributed by atoms with van der Waals surface area (Å²) in [6.45, 7) is 2.14. The summed E-state index contributed by atoms with van der Waals surface area (Å²) in [7, 11) is 1.58. The molecule has 0 aliphatic carbocycles. The predicted molar refractivity (Wildman–Crippen MR) is 90.5 cm³/mol. The summed E-state index contributed by atoms with van der Waals surface area (Å²) in [6, 6.07) is 5.98.